The Morgan fingerprint density at radius 1 is 1.09 bits per heavy atom. The molecule has 1 aliphatic heterocycles. The molecule has 1 aromatic heterocycles. The van der Waals surface area contributed by atoms with Crippen molar-refractivity contribution in [3.63, 3.8) is 0 Å². The summed E-state index contributed by atoms with van der Waals surface area (Å²) in [6, 6.07) is 3.74. The van der Waals surface area contributed by atoms with Crippen molar-refractivity contribution in [3.8, 4) is 5.88 Å². The molecule has 0 amide bonds. The molecule has 1 saturated heterocycles. The Morgan fingerprint density at radius 2 is 1.83 bits per heavy atom. The highest BCUT2D eigenvalue weighted by Gasteiger charge is 2.18. The van der Waals surface area contributed by atoms with E-state index >= 15 is 0 Å². The Kier molecular flexibility index (Phi) is 4.41. The molecule has 0 unspecified atom stereocenters. The minimum atomic E-state index is -0.876. The Hall–Kier alpha value is -2.24. The van der Waals surface area contributed by atoms with Gasteiger partial charge in [0, 0.05) is 24.3 Å². The minimum absolute atomic E-state index is 0.133. The maximum absolute atomic E-state index is 13.3. The maximum atomic E-state index is 13.3. The van der Waals surface area contributed by atoms with Gasteiger partial charge in [-0.3, -0.25) is 0 Å². The molecule has 122 valence electrons. The second-order valence-electron chi connectivity index (χ2n) is 5.77. The minimum Gasteiger partial charge on any atom is -0.472 e. The molecule has 1 aliphatic rings. The van der Waals surface area contributed by atoms with Crippen molar-refractivity contribution in [2.75, 3.05) is 18.0 Å². The Labute approximate surface area is 134 Å². The van der Waals surface area contributed by atoms with Crippen LogP contribution in [0.5, 0.6) is 5.88 Å². The van der Waals surface area contributed by atoms with E-state index in [1.807, 2.05) is 13.8 Å². The van der Waals surface area contributed by atoms with Gasteiger partial charge in [0.25, 0.3) is 0 Å². The second-order valence-corrected chi connectivity index (χ2v) is 5.77. The Morgan fingerprint density at radius 3 is 2.52 bits per heavy atom. The van der Waals surface area contributed by atoms with E-state index in [2.05, 4.69) is 14.9 Å². The van der Waals surface area contributed by atoms with Crippen LogP contribution < -0.4 is 9.64 Å². The van der Waals surface area contributed by atoms with Crippen LogP contribution in [0.2, 0.25) is 0 Å². The summed E-state index contributed by atoms with van der Waals surface area (Å²) in [7, 11) is 0. The lowest BCUT2D eigenvalue weighted by Gasteiger charge is -2.18. The zero-order chi connectivity index (χ0) is 16.4. The summed E-state index contributed by atoms with van der Waals surface area (Å²) in [5, 5.41) is 0. The lowest BCUT2D eigenvalue weighted by atomic mass is 10.2. The van der Waals surface area contributed by atoms with Gasteiger partial charge in [0.15, 0.2) is 11.6 Å². The monoisotopic (exact) mass is 319 g/mol. The smallest absolute Gasteiger partial charge is 0.228 e. The van der Waals surface area contributed by atoms with E-state index in [1.165, 1.54) is 6.07 Å². The molecule has 6 heteroatoms. The molecule has 4 nitrogen and oxygen atoms in total. The highest BCUT2D eigenvalue weighted by Crippen LogP contribution is 2.24. The van der Waals surface area contributed by atoms with Gasteiger partial charge >= 0.3 is 0 Å². The molecule has 0 bridgehead atoms. The quantitative estimate of drug-likeness (QED) is 0.864. The number of anilines is 1. The molecular formula is C17H19F2N3O. The summed E-state index contributed by atoms with van der Waals surface area (Å²) >= 11 is 0. The van der Waals surface area contributed by atoms with Gasteiger partial charge in [0.2, 0.25) is 11.8 Å². The van der Waals surface area contributed by atoms with Crippen molar-refractivity contribution in [1.29, 1.82) is 0 Å². The molecule has 2 aromatic rings. The first-order chi connectivity index (χ1) is 11.0. The van der Waals surface area contributed by atoms with E-state index < -0.39 is 11.6 Å². The van der Waals surface area contributed by atoms with E-state index in [0.717, 1.165) is 49.3 Å². The van der Waals surface area contributed by atoms with Crippen molar-refractivity contribution >= 4 is 5.95 Å². The first-order valence-electron chi connectivity index (χ1n) is 7.71. The normalized spacial score (nSPS) is 14.3. The predicted molar refractivity (Wildman–Crippen MR) is 83.6 cm³/mol. The van der Waals surface area contributed by atoms with Crippen molar-refractivity contribution in [1.82, 2.24) is 9.97 Å². The van der Waals surface area contributed by atoms with E-state index in [0.29, 0.717) is 17.4 Å². The average Bonchev–Trinajstić information content (AvgIpc) is 3.06. The topological polar surface area (TPSA) is 38.2 Å². The molecule has 0 saturated carbocycles. The molecule has 2 heterocycles. The molecular weight excluding hydrogens is 300 g/mol. The first-order valence-corrected chi connectivity index (χ1v) is 7.71. The van der Waals surface area contributed by atoms with Gasteiger partial charge in [-0.2, -0.15) is 4.98 Å². The molecule has 1 aromatic carbocycles. The zero-order valence-corrected chi connectivity index (χ0v) is 13.3. The first kappa shape index (κ1) is 15.6. The highest BCUT2D eigenvalue weighted by atomic mass is 19.2. The largest absolute Gasteiger partial charge is 0.472 e. The van der Waals surface area contributed by atoms with Gasteiger partial charge in [-0.05, 0) is 44.4 Å². The summed E-state index contributed by atoms with van der Waals surface area (Å²) in [5.74, 6) is -0.575. The van der Waals surface area contributed by atoms with E-state index in [4.69, 9.17) is 4.74 Å². The average molecular weight is 319 g/mol. The predicted octanol–water partition coefficient (Wildman–Crippen LogP) is 3.55. The number of ether oxygens (including phenoxy) is 1. The van der Waals surface area contributed by atoms with Gasteiger partial charge in [-0.15, -0.1) is 0 Å². The van der Waals surface area contributed by atoms with Gasteiger partial charge in [-0.25, -0.2) is 13.8 Å². The van der Waals surface area contributed by atoms with Crippen LogP contribution in [0.15, 0.2) is 18.2 Å². The van der Waals surface area contributed by atoms with Crippen LogP contribution in [0, 0.1) is 25.5 Å². The summed E-state index contributed by atoms with van der Waals surface area (Å²) in [6.07, 6.45) is 2.28. The van der Waals surface area contributed by atoms with Gasteiger partial charge in [0.05, 0.1) is 0 Å². The number of halogens is 2. The summed E-state index contributed by atoms with van der Waals surface area (Å²) in [5.41, 5.74) is 2.28. The number of rotatable bonds is 4. The van der Waals surface area contributed by atoms with Crippen molar-refractivity contribution in [2.24, 2.45) is 0 Å². The Balaban J connectivity index is 1.79. The van der Waals surface area contributed by atoms with Crippen molar-refractivity contribution in [3.05, 3.63) is 46.7 Å². The third kappa shape index (κ3) is 3.41. The SMILES string of the molecule is Cc1nc(N2CCCC2)nc(OCc2ccc(F)c(F)c2)c1C. The van der Waals surface area contributed by atoms with E-state index in [9.17, 15) is 8.78 Å². The molecule has 0 N–H and O–H groups in total. The van der Waals surface area contributed by atoms with Crippen LogP contribution in [0.3, 0.4) is 0 Å². The lowest BCUT2D eigenvalue weighted by molar-refractivity contribution is 0.289. The third-order valence-corrected chi connectivity index (χ3v) is 4.08. The fourth-order valence-electron chi connectivity index (χ4n) is 2.57. The number of hydrogen-bond acceptors (Lipinski definition) is 4. The summed E-state index contributed by atoms with van der Waals surface area (Å²) in [6.45, 7) is 5.84. The van der Waals surface area contributed by atoms with Crippen LogP contribution in [0.4, 0.5) is 14.7 Å². The molecule has 0 radical (unpaired) electrons. The van der Waals surface area contributed by atoms with E-state index in [-0.39, 0.29) is 6.61 Å². The van der Waals surface area contributed by atoms with Crippen LogP contribution in [0.1, 0.15) is 29.7 Å². The van der Waals surface area contributed by atoms with Crippen LogP contribution in [-0.4, -0.2) is 23.1 Å². The van der Waals surface area contributed by atoms with Crippen molar-refractivity contribution in [2.45, 2.75) is 33.3 Å². The van der Waals surface area contributed by atoms with Crippen LogP contribution in [-0.2, 0) is 6.61 Å². The fraction of sp³-hybridized carbons (Fsp3) is 0.412. The third-order valence-electron chi connectivity index (χ3n) is 4.08. The molecule has 1 fully saturated rings. The zero-order valence-electron chi connectivity index (χ0n) is 13.3. The second kappa shape index (κ2) is 6.48. The Bertz CT molecular complexity index is 715. The standard InChI is InChI=1S/C17H19F2N3O/c1-11-12(2)20-17(22-7-3-4-8-22)21-16(11)23-10-13-5-6-14(18)15(19)9-13/h5-6,9H,3-4,7-8,10H2,1-2H3. The van der Waals surface area contributed by atoms with Crippen molar-refractivity contribution < 1.29 is 13.5 Å². The van der Waals surface area contributed by atoms with Gasteiger partial charge in [-0.1, -0.05) is 6.07 Å². The van der Waals surface area contributed by atoms with Gasteiger partial charge in [0.1, 0.15) is 6.61 Å². The molecule has 0 aliphatic carbocycles. The highest BCUT2D eigenvalue weighted by molar-refractivity contribution is 5.40. The summed E-state index contributed by atoms with van der Waals surface area (Å²) < 4.78 is 31.9. The molecule has 3 rings (SSSR count). The van der Waals surface area contributed by atoms with Gasteiger partial charge < -0.3 is 9.64 Å². The number of nitrogens with zero attached hydrogens (tertiary/aromatic N) is 3. The number of aromatic nitrogens is 2. The number of aryl methyl sites for hydroxylation is 1. The fourth-order valence-corrected chi connectivity index (χ4v) is 2.57. The lowest BCUT2D eigenvalue weighted by Crippen LogP contribution is -2.21. The molecule has 0 spiro atoms. The van der Waals surface area contributed by atoms with Crippen LogP contribution in [0.25, 0.3) is 0 Å². The van der Waals surface area contributed by atoms with E-state index in [1.54, 1.807) is 0 Å². The number of hydrogen-bond donors (Lipinski definition) is 0. The number of benzene rings is 1. The van der Waals surface area contributed by atoms with Crippen LogP contribution >= 0.6 is 0 Å². The molecule has 0 atom stereocenters. The molecule has 23 heavy (non-hydrogen) atoms. The summed E-state index contributed by atoms with van der Waals surface area (Å²) in [4.78, 5) is 11.2. The maximum Gasteiger partial charge on any atom is 0.228 e.